The van der Waals surface area contributed by atoms with Gasteiger partial charge in [0.25, 0.3) is 0 Å². The lowest BCUT2D eigenvalue weighted by atomic mass is 10.3. The summed E-state index contributed by atoms with van der Waals surface area (Å²) in [4.78, 5) is 16.1. The molecule has 112 valence electrons. The van der Waals surface area contributed by atoms with Gasteiger partial charge in [-0.25, -0.2) is 9.37 Å². The Morgan fingerprint density at radius 3 is 2.90 bits per heavy atom. The second kappa shape index (κ2) is 5.81. The number of nitrogens with one attached hydrogen (secondary N) is 1. The van der Waals surface area contributed by atoms with Crippen molar-refractivity contribution in [2.45, 2.75) is 37.7 Å². The summed E-state index contributed by atoms with van der Waals surface area (Å²) in [6.45, 7) is 0.415. The number of rotatable bonds is 5. The monoisotopic (exact) mass is 329 g/mol. The Morgan fingerprint density at radius 2 is 2.24 bits per heavy atom. The van der Waals surface area contributed by atoms with E-state index in [9.17, 15) is 9.18 Å². The van der Waals surface area contributed by atoms with Gasteiger partial charge in [0.2, 0.25) is 5.91 Å². The number of hydrogen-bond acceptors (Lipinski definition) is 2. The SMILES string of the molecule is O=C(CCn1c(CCl)nc2cc(Cl)c(F)cc21)NC1CC1. The van der Waals surface area contributed by atoms with Crippen molar-refractivity contribution in [1.29, 1.82) is 0 Å². The van der Waals surface area contributed by atoms with Crippen molar-refractivity contribution in [3.63, 3.8) is 0 Å². The molecular weight excluding hydrogens is 316 g/mol. The van der Waals surface area contributed by atoms with E-state index in [1.807, 2.05) is 0 Å². The third-order valence-corrected chi connectivity index (χ3v) is 4.02. The fourth-order valence-corrected chi connectivity index (χ4v) is 2.62. The van der Waals surface area contributed by atoms with Crippen LogP contribution in [-0.4, -0.2) is 21.5 Å². The summed E-state index contributed by atoms with van der Waals surface area (Å²) in [6, 6.07) is 3.14. The van der Waals surface area contributed by atoms with Gasteiger partial charge < -0.3 is 9.88 Å². The highest BCUT2D eigenvalue weighted by Crippen LogP contribution is 2.25. The molecule has 1 N–H and O–H groups in total. The molecule has 4 nitrogen and oxygen atoms in total. The number of aryl methyl sites for hydroxylation is 1. The standard InChI is InChI=1S/C14H14Cl2FN3O/c15-7-13-19-11-5-9(16)10(17)6-12(11)20(13)4-3-14(21)18-8-1-2-8/h5-6,8H,1-4,7H2,(H,18,21). The molecule has 0 bridgehead atoms. The van der Waals surface area contributed by atoms with Gasteiger partial charge in [-0.3, -0.25) is 4.79 Å². The van der Waals surface area contributed by atoms with E-state index in [0.717, 1.165) is 12.8 Å². The summed E-state index contributed by atoms with van der Waals surface area (Å²) < 4.78 is 15.4. The van der Waals surface area contributed by atoms with E-state index in [4.69, 9.17) is 23.2 Å². The number of carbonyl (C=O) groups excluding carboxylic acids is 1. The summed E-state index contributed by atoms with van der Waals surface area (Å²) >= 11 is 11.6. The number of nitrogens with zero attached hydrogens (tertiary/aromatic N) is 2. The van der Waals surface area contributed by atoms with Crippen molar-refractivity contribution in [2.75, 3.05) is 0 Å². The third-order valence-electron chi connectivity index (χ3n) is 3.49. The van der Waals surface area contributed by atoms with Crippen LogP contribution in [0.4, 0.5) is 4.39 Å². The summed E-state index contributed by atoms with van der Waals surface area (Å²) in [5.74, 6) is 0.286. The number of carbonyl (C=O) groups is 1. The molecule has 0 saturated heterocycles. The summed E-state index contributed by atoms with van der Waals surface area (Å²) in [5, 5.41) is 2.95. The van der Waals surface area contributed by atoms with Crippen LogP contribution in [-0.2, 0) is 17.2 Å². The molecular formula is C14H14Cl2FN3O. The van der Waals surface area contributed by atoms with Gasteiger partial charge in [0, 0.05) is 25.1 Å². The lowest BCUT2D eigenvalue weighted by Crippen LogP contribution is -2.26. The average Bonchev–Trinajstić information content (AvgIpc) is 3.19. The first-order valence-corrected chi connectivity index (χ1v) is 7.69. The van der Waals surface area contributed by atoms with Gasteiger partial charge in [-0.15, -0.1) is 11.6 Å². The zero-order valence-electron chi connectivity index (χ0n) is 11.2. The number of fused-ring (bicyclic) bond motifs is 1. The molecule has 0 aliphatic heterocycles. The molecule has 1 aromatic carbocycles. The maximum absolute atomic E-state index is 13.6. The number of amides is 1. The molecule has 1 aliphatic carbocycles. The molecule has 0 atom stereocenters. The van der Waals surface area contributed by atoms with Crippen LogP contribution >= 0.6 is 23.2 Å². The molecule has 3 rings (SSSR count). The third kappa shape index (κ3) is 3.14. The number of imidazole rings is 1. The van der Waals surface area contributed by atoms with E-state index in [1.54, 1.807) is 4.57 Å². The molecule has 1 aliphatic rings. The lowest BCUT2D eigenvalue weighted by molar-refractivity contribution is -0.121. The van der Waals surface area contributed by atoms with Crippen molar-refractivity contribution in [3.8, 4) is 0 Å². The van der Waals surface area contributed by atoms with Crippen molar-refractivity contribution >= 4 is 40.1 Å². The Balaban J connectivity index is 1.84. The fraction of sp³-hybridized carbons (Fsp3) is 0.429. The number of aromatic nitrogens is 2. The van der Waals surface area contributed by atoms with Gasteiger partial charge in [0.15, 0.2) is 0 Å². The molecule has 1 amide bonds. The molecule has 21 heavy (non-hydrogen) atoms. The lowest BCUT2D eigenvalue weighted by Gasteiger charge is -2.08. The van der Waals surface area contributed by atoms with Gasteiger partial charge in [0.05, 0.1) is 21.9 Å². The zero-order chi connectivity index (χ0) is 15.0. The normalized spacial score (nSPS) is 14.6. The highest BCUT2D eigenvalue weighted by atomic mass is 35.5. The predicted molar refractivity (Wildman–Crippen MR) is 80.0 cm³/mol. The van der Waals surface area contributed by atoms with E-state index < -0.39 is 5.82 Å². The van der Waals surface area contributed by atoms with Gasteiger partial charge in [-0.1, -0.05) is 11.6 Å². The van der Waals surface area contributed by atoms with Gasteiger partial charge >= 0.3 is 0 Å². The highest BCUT2D eigenvalue weighted by Gasteiger charge is 2.23. The second-order valence-corrected chi connectivity index (χ2v) is 5.83. The van der Waals surface area contributed by atoms with Crippen LogP contribution < -0.4 is 5.32 Å². The minimum absolute atomic E-state index is 0.00527. The molecule has 0 spiro atoms. The largest absolute Gasteiger partial charge is 0.353 e. The van der Waals surface area contributed by atoms with Crippen LogP contribution in [0.15, 0.2) is 12.1 Å². The fourth-order valence-electron chi connectivity index (χ4n) is 2.26. The first kappa shape index (κ1) is 14.6. The predicted octanol–water partition coefficient (Wildman–Crippen LogP) is 3.24. The van der Waals surface area contributed by atoms with Crippen LogP contribution in [0.1, 0.15) is 25.1 Å². The maximum atomic E-state index is 13.6. The van der Waals surface area contributed by atoms with E-state index in [0.29, 0.717) is 35.9 Å². The number of halogens is 3. The molecule has 1 heterocycles. The zero-order valence-corrected chi connectivity index (χ0v) is 12.7. The van der Waals surface area contributed by atoms with Crippen LogP contribution in [0.3, 0.4) is 0 Å². The van der Waals surface area contributed by atoms with E-state index >= 15 is 0 Å². The van der Waals surface area contributed by atoms with Crippen LogP contribution in [0.2, 0.25) is 5.02 Å². The topological polar surface area (TPSA) is 46.9 Å². The smallest absolute Gasteiger partial charge is 0.222 e. The summed E-state index contributed by atoms with van der Waals surface area (Å²) in [5.41, 5.74) is 1.19. The summed E-state index contributed by atoms with van der Waals surface area (Å²) in [6.07, 6.45) is 2.42. The van der Waals surface area contributed by atoms with Crippen LogP contribution in [0.25, 0.3) is 11.0 Å². The Kier molecular flexibility index (Phi) is 4.04. The Labute approximate surface area is 131 Å². The molecule has 1 saturated carbocycles. The molecule has 1 fully saturated rings. The van der Waals surface area contributed by atoms with E-state index in [-0.39, 0.29) is 16.8 Å². The van der Waals surface area contributed by atoms with Crippen LogP contribution in [0.5, 0.6) is 0 Å². The molecule has 0 unspecified atom stereocenters. The first-order valence-electron chi connectivity index (χ1n) is 6.78. The minimum atomic E-state index is -0.506. The van der Waals surface area contributed by atoms with Crippen LogP contribution in [0, 0.1) is 5.82 Å². The highest BCUT2D eigenvalue weighted by molar-refractivity contribution is 6.31. The van der Waals surface area contributed by atoms with Crippen molar-refractivity contribution < 1.29 is 9.18 Å². The number of hydrogen-bond donors (Lipinski definition) is 1. The van der Waals surface area contributed by atoms with E-state index in [2.05, 4.69) is 10.3 Å². The minimum Gasteiger partial charge on any atom is -0.353 e. The maximum Gasteiger partial charge on any atom is 0.222 e. The van der Waals surface area contributed by atoms with E-state index in [1.165, 1.54) is 12.1 Å². The average molecular weight is 330 g/mol. The Bertz CT molecular complexity index is 697. The Hall–Kier alpha value is -1.33. The summed E-state index contributed by atoms with van der Waals surface area (Å²) in [7, 11) is 0. The number of alkyl halides is 1. The quantitative estimate of drug-likeness (QED) is 0.856. The molecule has 1 aromatic heterocycles. The van der Waals surface area contributed by atoms with Gasteiger partial charge in [-0.05, 0) is 18.9 Å². The first-order chi connectivity index (χ1) is 10.1. The van der Waals surface area contributed by atoms with Gasteiger partial charge in [0.1, 0.15) is 11.6 Å². The molecule has 0 radical (unpaired) electrons. The Morgan fingerprint density at radius 1 is 1.48 bits per heavy atom. The molecule has 2 aromatic rings. The van der Waals surface area contributed by atoms with Crippen molar-refractivity contribution in [1.82, 2.24) is 14.9 Å². The number of benzene rings is 1. The van der Waals surface area contributed by atoms with Gasteiger partial charge in [-0.2, -0.15) is 0 Å². The van der Waals surface area contributed by atoms with Crippen molar-refractivity contribution in [2.24, 2.45) is 0 Å². The molecule has 7 heteroatoms. The van der Waals surface area contributed by atoms with Crippen molar-refractivity contribution in [3.05, 3.63) is 28.8 Å². The second-order valence-electron chi connectivity index (χ2n) is 5.16.